The molecule has 3 rings (SSSR count). The van der Waals surface area contributed by atoms with Crippen LogP contribution in [0.3, 0.4) is 0 Å². The second-order valence-electron chi connectivity index (χ2n) is 6.79. The predicted molar refractivity (Wildman–Crippen MR) is 120 cm³/mol. The molecule has 2 aromatic carbocycles. The van der Waals surface area contributed by atoms with Crippen LogP contribution in [0.5, 0.6) is 5.75 Å². The quantitative estimate of drug-likeness (QED) is 0.325. The van der Waals surface area contributed by atoms with Gasteiger partial charge in [0, 0.05) is 10.9 Å². The molecule has 0 saturated heterocycles. The number of ether oxygens (including phenoxy) is 1. The van der Waals surface area contributed by atoms with E-state index in [0.29, 0.717) is 33.5 Å². The van der Waals surface area contributed by atoms with E-state index in [1.165, 1.54) is 16.9 Å². The van der Waals surface area contributed by atoms with Gasteiger partial charge in [-0.1, -0.05) is 66.9 Å². The molecule has 28 heavy (non-hydrogen) atoms. The topological polar surface area (TPSA) is 46.5 Å². The van der Waals surface area contributed by atoms with E-state index >= 15 is 0 Å². The molecule has 0 aliphatic carbocycles. The Bertz CT molecular complexity index is 945. The van der Waals surface area contributed by atoms with Gasteiger partial charge in [-0.15, -0.1) is 11.3 Å². The first-order chi connectivity index (χ1) is 13.4. The third-order valence-electron chi connectivity index (χ3n) is 3.81. The smallest absolute Gasteiger partial charge is 0.203 e. The van der Waals surface area contributed by atoms with Crippen molar-refractivity contribution in [3.05, 3.63) is 63.0 Å². The van der Waals surface area contributed by atoms with Gasteiger partial charge >= 0.3 is 0 Å². The molecule has 1 N–H and O–H groups in total. The molecule has 0 unspecified atom stereocenters. The minimum absolute atomic E-state index is 0.390. The van der Waals surface area contributed by atoms with Gasteiger partial charge in [0.25, 0.3) is 0 Å². The van der Waals surface area contributed by atoms with Gasteiger partial charge in [-0.25, -0.2) is 4.98 Å². The summed E-state index contributed by atoms with van der Waals surface area (Å²) in [5.41, 5.74) is 6.94. The first-order valence-electron chi connectivity index (χ1n) is 8.86. The Kier molecular flexibility index (Phi) is 6.94. The lowest BCUT2D eigenvalue weighted by molar-refractivity contribution is 0.271. The fourth-order valence-electron chi connectivity index (χ4n) is 2.39. The summed E-state index contributed by atoms with van der Waals surface area (Å²) in [4.78, 5) is 4.55. The average Bonchev–Trinajstić information content (AvgIpc) is 3.10. The molecule has 0 aliphatic heterocycles. The number of rotatable bonds is 7. The molecule has 4 nitrogen and oxygen atoms in total. The van der Waals surface area contributed by atoms with Crippen molar-refractivity contribution < 1.29 is 4.74 Å². The number of anilines is 1. The molecule has 0 saturated carbocycles. The van der Waals surface area contributed by atoms with Crippen molar-refractivity contribution in [1.82, 2.24) is 4.98 Å². The maximum atomic E-state index is 6.29. The van der Waals surface area contributed by atoms with Crippen molar-refractivity contribution in [2.45, 2.75) is 20.8 Å². The lowest BCUT2D eigenvalue weighted by Gasteiger charge is -2.12. The summed E-state index contributed by atoms with van der Waals surface area (Å²) in [5, 5.41) is 7.87. The Morgan fingerprint density at radius 1 is 1.18 bits per heavy atom. The van der Waals surface area contributed by atoms with Crippen LogP contribution in [0.2, 0.25) is 10.0 Å². The number of hydrogen-bond acceptors (Lipinski definition) is 5. The van der Waals surface area contributed by atoms with Gasteiger partial charge in [0.05, 0.1) is 28.6 Å². The molecule has 7 heteroatoms. The molecule has 1 heterocycles. The summed E-state index contributed by atoms with van der Waals surface area (Å²) < 4.78 is 5.68. The number of benzene rings is 2. The highest BCUT2D eigenvalue weighted by atomic mass is 35.5. The molecule has 0 atom stereocenters. The van der Waals surface area contributed by atoms with E-state index in [4.69, 9.17) is 27.9 Å². The zero-order valence-corrected chi connectivity index (χ0v) is 18.2. The van der Waals surface area contributed by atoms with Crippen LogP contribution in [0.25, 0.3) is 11.3 Å². The van der Waals surface area contributed by atoms with E-state index in [2.05, 4.69) is 60.5 Å². The largest absolute Gasteiger partial charge is 0.490 e. The highest BCUT2D eigenvalue weighted by Gasteiger charge is 2.10. The average molecular weight is 434 g/mol. The Morgan fingerprint density at radius 3 is 2.50 bits per heavy atom. The molecular formula is C21H21Cl2N3OS. The normalized spacial score (nSPS) is 11.4. The lowest BCUT2D eigenvalue weighted by atomic mass is 10.1. The van der Waals surface area contributed by atoms with Crippen LogP contribution >= 0.6 is 34.5 Å². The zero-order valence-electron chi connectivity index (χ0n) is 15.9. The van der Waals surface area contributed by atoms with Gasteiger partial charge < -0.3 is 4.74 Å². The molecule has 0 amide bonds. The molecule has 1 aromatic heterocycles. The second kappa shape index (κ2) is 9.41. The summed E-state index contributed by atoms with van der Waals surface area (Å²) in [7, 11) is 0. The molecular weight excluding hydrogens is 413 g/mol. The van der Waals surface area contributed by atoms with Crippen LogP contribution in [-0.2, 0) is 0 Å². The molecule has 0 spiro atoms. The van der Waals surface area contributed by atoms with E-state index in [-0.39, 0.29) is 0 Å². The van der Waals surface area contributed by atoms with Gasteiger partial charge in [0.1, 0.15) is 0 Å². The van der Waals surface area contributed by atoms with Crippen molar-refractivity contribution >= 4 is 45.9 Å². The molecule has 0 fully saturated rings. The lowest BCUT2D eigenvalue weighted by Crippen LogP contribution is -2.05. The van der Waals surface area contributed by atoms with Crippen LogP contribution in [0, 0.1) is 12.8 Å². The summed E-state index contributed by atoms with van der Waals surface area (Å²) >= 11 is 14.1. The highest BCUT2D eigenvalue weighted by Crippen LogP contribution is 2.34. The summed E-state index contributed by atoms with van der Waals surface area (Å²) in [6.45, 7) is 6.75. The molecule has 0 radical (unpaired) electrons. The monoisotopic (exact) mass is 433 g/mol. The Hall–Kier alpha value is -2.08. The minimum Gasteiger partial charge on any atom is -0.490 e. The summed E-state index contributed by atoms with van der Waals surface area (Å²) in [6.07, 6.45) is 1.65. The van der Waals surface area contributed by atoms with E-state index in [1.807, 2.05) is 5.38 Å². The Morgan fingerprint density at radius 2 is 1.86 bits per heavy atom. The number of nitrogens with one attached hydrogen (secondary N) is 1. The summed E-state index contributed by atoms with van der Waals surface area (Å²) in [6, 6.07) is 11.8. The van der Waals surface area contributed by atoms with E-state index < -0.39 is 0 Å². The van der Waals surface area contributed by atoms with Crippen LogP contribution in [0.1, 0.15) is 25.0 Å². The van der Waals surface area contributed by atoms with Gasteiger partial charge in [0.15, 0.2) is 5.75 Å². The second-order valence-corrected chi connectivity index (χ2v) is 8.46. The number of thiazole rings is 1. The Labute approximate surface area is 179 Å². The van der Waals surface area contributed by atoms with Crippen molar-refractivity contribution in [3.63, 3.8) is 0 Å². The molecule has 0 aliphatic rings. The first-order valence-corrected chi connectivity index (χ1v) is 10.5. The van der Waals surface area contributed by atoms with Crippen molar-refractivity contribution in [3.8, 4) is 17.0 Å². The van der Waals surface area contributed by atoms with Crippen molar-refractivity contribution in [1.29, 1.82) is 0 Å². The number of aryl methyl sites for hydroxylation is 1. The van der Waals surface area contributed by atoms with E-state index in [9.17, 15) is 0 Å². The van der Waals surface area contributed by atoms with Gasteiger partial charge in [-0.3, -0.25) is 5.43 Å². The van der Waals surface area contributed by atoms with Crippen molar-refractivity contribution in [2.24, 2.45) is 11.0 Å². The van der Waals surface area contributed by atoms with Crippen LogP contribution in [0.15, 0.2) is 46.9 Å². The molecule has 0 bridgehead atoms. The van der Waals surface area contributed by atoms with Gasteiger partial charge in [-0.05, 0) is 30.5 Å². The third-order valence-corrected chi connectivity index (χ3v) is 5.12. The Balaban J connectivity index is 1.65. The SMILES string of the molecule is Cc1ccc(-c2csc(N/N=C\c3cc(Cl)c(OCC(C)C)c(Cl)c3)n2)cc1. The predicted octanol–water partition coefficient (Wildman–Crippen LogP) is 6.91. The number of hydrazone groups is 1. The highest BCUT2D eigenvalue weighted by molar-refractivity contribution is 7.14. The van der Waals surface area contributed by atoms with Crippen molar-refractivity contribution in [2.75, 3.05) is 12.0 Å². The third kappa shape index (κ3) is 5.47. The van der Waals surface area contributed by atoms with Crippen LogP contribution < -0.4 is 10.2 Å². The zero-order chi connectivity index (χ0) is 20.1. The number of aromatic nitrogens is 1. The van der Waals surface area contributed by atoms with E-state index in [0.717, 1.165) is 16.8 Å². The fourth-order valence-corrected chi connectivity index (χ4v) is 3.67. The number of nitrogens with zero attached hydrogens (tertiary/aromatic N) is 2. The molecule has 3 aromatic rings. The van der Waals surface area contributed by atoms with Gasteiger partial charge in [0.2, 0.25) is 5.13 Å². The number of halogens is 2. The standard InChI is InChI=1S/C21H21Cl2N3OS/c1-13(2)11-27-20-17(22)8-15(9-18(20)23)10-24-26-21-25-19(12-28-21)16-6-4-14(3)5-7-16/h4-10,12-13H,11H2,1-3H3,(H,25,26)/b24-10-. The minimum atomic E-state index is 0.390. The molecule has 146 valence electrons. The van der Waals surface area contributed by atoms with Crippen LogP contribution in [0.4, 0.5) is 5.13 Å². The maximum Gasteiger partial charge on any atom is 0.203 e. The fraction of sp³-hybridized carbons (Fsp3) is 0.238. The van der Waals surface area contributed by atoms with E-state index in [1.54, 1.807) is 18.3 Å². The maximum absolute atomic E-state index is 6.29. The van der Waals surface area contributed by atoms with Crippen LogP contribution in [-0.4, -0.2) is 17.8 Å². The number of hydrogen-bond donors (Lipinski definition) is 1. The van der Waals surface area contributed by atoms with Gasteiger partial charge in [-0.2, -0.15) is 5.10 Å². The first kappa shape index (κ1) is 20.6. The summed E-state index contributed by atoms with van der Waals surface area (Å²) in [5.74, 6) is 0.894.